The van der Waals surface area contributed by atoms with Gasteiger partial charge in [-0.15, -0.1) is 0 Å². The molecule has 0 amide bonds. The van der Waals surface area contributed by atoms with E-state index in [1.165, 1.54) is 0 Å². The van der Waals surface area contributed by atoms with Gasteiger partial charge in [-0.1, -0.05) is 22.0 Å². The molecule has 0 radical (unpaired) electrons. The molecule has 2 rings (SSSR count). The molecule has 1 aliphatic rings. The van der Waals surface area contributed by atoms with Crippen LogP contribution in [0, 0.1) is 0 Å². The normalized spacial score (nSPS) is 16.1. The van der Waals surface area contributed by atoms with E-state index in [4.69, 9.17) is 9.47 Å². The van der Waals surface area contributed by atoms with Gasteiger partial charge in [0, 0.05) is 16.7 Å². The molecule has 0 saturated carbocycles. The highest BCUT2D eigenvalue weighted by Crippen LogP contribution is 2.15. The Bertz CT molecular complexity index is 315. The Hall–Kier alpha value is -0.580. The summed E-state index contributed by atoms with van der Waals surface area (Å²) >= 11 is 3.43. The zero-order valence-corrected chi connectivity index (χ0v) is 10.00. The van der Waals surface area contributed by atoms with E-state index in [2.05, 4.69) is 21.2 Å². The molecule has 0 unspecified atom stereocenters. The van der Waals surface area contributed by atoms with Crippen LogP contribution in [-0.2, 0) is 9.47 Å². The van der Waals surface area contributed by atoms with E-state index in [9.17, 15) is 0 Å². The molecule has 0 atom stereocenters. The summed E-state index contributed by atoms with van der Waals surface area (Å²) in [5, 5.41) is 3.29. The molecule has 0 bridgehead atoms. The quantitative estimate of drug-likeness (QED) is 0.834. The van der Waals surface area contributed by atoms with Crippen LogP contribution in [0.15, 0.2) is 28.7 Å². The van der Waals surface area contributed by atoms with Crippen LogP contribution in [-0.4, -0.2) is 32.5 Å². The third-order valence-electron chi connectivity index (χ3n) is 2.22. The number of nitrogens with one attached hydrogen (secondary N) is 1. The van der Waals surface area contributed by atoms with Gasteiger partial charge < -0.3 is 14.8 Å². The predicted molar refractivity (Wildman–Crippen MR) is 63.2 cm³/mol. The van der Waals surface area contributed by atoms with Crippen LogP contribution in [0.1, 0.15) is 0 Å². The van der Waals surface area contributed by atoms with Crippen LogP contribution in [0.4, 0.5) is 5.69 Å². The first-order valence-electron chi connectivity index (χ1n) is 5.03. The van der Waals surface area contributed by atoms with E-state index in [0.717, 1.165) is 36.5 Å². The van der Waals surface area contributed by atoms with Crippen LogP contribution in [0.25, 0.3) is 0 Å². The van der Waals surface area contributed by atoms with Gasteiger partial charge in [-0.05, 0) is 18.2 Å². The van der Waals surface area contributed by atoms with Gasteiger partial charge in [0.1, 0.15) is 6.10 Å². The van der Waals surface area contributed by atoms with E-state index in [-0.39, 0.29) is 0 Å². The lowest BCUT2D eigenvalue weighted by molar-refractivity contribution is -0.127. The molecule has 1 aromatic rings. The van der Waals surface area contributed by atoms with E-state index in [0.29, 0.717) is 6.10 Å². The van der Waals surface area contributed by atoms with Crippen LogP contribution < -0.4 is 5.32 Å². The van der Waals surface area contributed by atoms with Gasteiger partial charge in [0.25, 0.3) is 0 Å². The summed E-state index contributed by atoms with van der Waals surface area (Å²) in [5.74, 6) is 0. The number of hydrogen-bond donors (Lipinski definition) is 1. The first-order valence-corrected chi connectivity index (χ1v) is 5.83. The van der Waals surface area contributed by atoms with Gasteiger partial charge in [0.15, 0.2) is 0 Å². The number of rotatable bonds is 5. The van der Waals surface area contributed by atoms with Gasteiger partial charge in [-0.25, -0.2) is 0 Å². The zero-order valence-electron chi connectivity index (χ0n) is 8.41. The molecule has 1 fully saturated rings. The van der Waals surface area contributed by atoms with Crippen molar-refractivity contribution in [1.29, 1.82) is 0 Å². The molecule has 1 aliphatic heterocycles. The maximum Gasteiger partial charge on any atom is 0.104 e. The number of benzene rings is 1. The molecular weight excluding hydrogens is 258 g/mol. The smallest absolute Gasteiger partial charge is 0.104 e. The largest absolute Gasteiger partial charge is 0.383 e. The lowest BCUT2D eigenvalue weighted by Crippen LogP contribution is -2.37. The first-order chi connectivity index (χ1) is 7.34. The molecule has 1 saturated heterocycles. The van der Waals surface area contributed by atoms with E-state index in [1.54, 1.807) is 0 Å². The minimum absolute atomic E-state index is 0.314. The van der Waals surface area contributed by atoms with Crippen LogP contribution >= 0.6 is 15.9 Å². The van der Waals surface area contributed by atoms with Gasteiger partial charge in [0.2, 0.25) is 0 Å². The van der Waals surface area contributed by atoms with Gasteiger partial charge in [-0.2, -0.15) is 0 Å². The van der Waals surface area contributed by atoms with E-state index in [1.807, 2.05) is 24.3 Å². The highest BCUT2D eigenvalue weighted by Gasteiger charge is 2.17. The van der Waals surface area contributed by atoms with E-state index < -0.39 is 0 Å². The zero-order chi connectivity index (χ0) is 10.5. The summed E-state index contributed by atoms with van der Waals surface area (Å²) in [6.45, 7) is 3.04. The Kier molecular flexibility index (Phi) is 4.00. The highest BCUT2D eigenvalue weighted by atomic mass is 79.9. The molecule has 0 spiro atoms. The van der Waals surface area contributed by atoms with Crippen LogP contribution in [0.2, 0.25) is 0 Å². The predicted octanol–water partition coefficient (Wildman–Crippen LogP) is 2.28. The Morgan fingerprint density at radius 3 is 3.00 bits per heavy atom. The van der Waals surface area contributed by atoms with Crippen molar-refractivity contribution >= 4 is 21.6 Å². The van der Waals surface area contributed by atoms with Gasteiger partial charge >= 0.3 is 0 Å². The molecule has 0 aliphatic carbocycles. The van der Waals surface area contributed by atoms with Crippen molar-refractivity contribution in [2.75, 3.05) is 31.7 Å². The molecular formula is C11H14BrNO2. The summed E-state index contributed by atoms with van der Waals surface area (Å²) in [4.78, 5) is 0. The highest BCUT2D eigenvalue weighted by molar-refractivity contribution is 9.10. The summed E-state index contributed by atoms with van der Waals surface area (Å²) in [6.07, 6.45) is 0.314. The number of hydrogen-bond acceptors (Lipinski definition) is 3. The van der Waals surface area contributed by atoms with Crippen molar-refractivity contribution in [2.45, 2.75) is 6.10 Å². The number of ether oxygens (including phenoxy) is 2. The van der Waals surface area contributed by atoms with Crippen molar-refractivity contribution in [3.05, 3.63) is 28.7 Å². The SMILES string of the molecule is Brc1cccc(NCCOC2COC2)c1. The lowest BCUT2D eigenvalue weighted by atomic mass is 10.3. The molecule has 4 heteroatoms. The van der Waals surface area contributed by atoms with Crippen molar-refractivity contribution in [3.8, 4) is 0 Å². The third-order valence-corrected chi connectivity index (χ3v) is 2.71. The topological polar surface area (TPSA) is 30.5 Å². The molecule has 82 valence electrons. The molecule has 1 N–H and O–H groups in total. The Labute approximate surface area is 97.9 Å². The van der Waals surface area contributed by atoms with E-state index >= 15 is 0 Å². The molecule has 15 heavy (non-hydrogen) atoms. The van der Waals surface area contributed by atoms with Crippen molar-refractivity contribution < 1.29 is 9.47 Å². The molecule has 0 aromatic heterocycles. The summed E-state index contributed by atoms with van der Waals surface area (Å²) in [5.41, 5.74) is 1.11. The lowest BCUT2D eigenvalue weighted by Gasteiger charge is -2.26. The Balaban J connectivity index is 1.64. The van der Waals surface area contributed by atoms with Gasteiger partial charge in [0.05, 0.1) is 19.8 Å². The Morgan fingerprint density at radius 1 is 1.47 bits per heavy atom. The minimum atomic E-state index is 0.314. The van der Waals surface area contributed by atoms with Crippen LogP contribution in [0.5, 0.6) is 0 Å². The summed E-state index contributed by atoms with van der Waals surface area (Å²) in [7, 11) is 0. The fourth-order valence-corrected chi connectivity index (χ4v) is 1.73. The van der Waals surface area contributed by atoms with Crippen LogP contribution in [0.3, 0.4) is 0 Å². The number of anilines is 1. The minimum Gasteiger partial charge on any atom is -0.383 e. The molecule has 1 heterocycles. The third kappa shape index (κ3) is 3.48. The number of halogens is 1. The average molecular weight is 272 g/mol. The fraction of sp³-hybridized carbons (Fsp3) is 0.455. The summed E-state index contributed by atoms with van der Waals surface area (Å²) in [6, 6.07) is 8.10. The monoisotopic (exact) mass is 271 g/mol. The fourth-order valence-electron chi connectivity index (χ4n) is 1.33. The van der Waals surface area contributed by atoms with Gasteiger partial charge in [-0.3, -0.25) is 0 Å². The van der Waals surface area contributed by atoms with Crippen molar-refractivity contribution in [3.63, 3.8) is 0 Å². The molecule has 1 aromatic carbocycles. The second kappa shape index (κ2) is 5.49. The maximum atomic E-state index is 5.53. The second-order valence-electron chi connectivity index (χ2n) is 3.47. The standard InChI is InChI=1S/C11H14BrNO2/c12-9-2-1-3-10(6-9)13-4-5-15-11-7-14-8-11/h1-3,6,11,13H,4-5,7-8H2. The summed E-state index contributed by atoms with van der Waals surface area (Å²) < 4.78 is 11.6. The van der Waals surface area contributed by atoms with Crippen molar-refractivity contribution in [1.82, 2.24) is 0 Å². The Morgan fingerprint density at radius 2 is 2.33 bits per heavy atom. The first kappa shape index (κ1) is 10.9. The van der Waals surface area contributed by atoms with Crippen molar-refractivity contribution in [2.24, 2.45) is 0 Å². The average Bonchev–Trinajstić information content (AvgIpc) is 2.15. The molecule has 3 nitrogen and oxygen atoms in total. The second-order valence-corrected chi connectivity index (χ2v) is 4.38. The maximum absolute atomic E-state index is 5.53.